The van der Waals surface area contributed by atoms with Crippen molar-refractivity contribution in [2.24, 2.45) is 12.1 Å². The minimum absolute atomic E-state index is 0.119. The average Bonchev–Trinajstić information content (AvgIpc) is 2.72. The Kier molecular flexibility index (Phi) is 5.11. The third kappa shape index (κ3) is 3.25. The second kappa shape index (κ2) is 7.04. The summed E-state index contributed by atoms with van der Waals surface area (Å²) in [6, 6.07) is 9.49. The Balaban J connectivity index is 2.33. The van der Waals surface area contributed by atoms with Gasteiger partial charge < -0.3 is 5.32 Å². The van der Waals surface area contributed by atoms with Crippen molar-refractivity contribution in [2.45, 2.75) is 13.8 Å². The van der Waals surface area contributed by atoms with Crippen LogP contribution in [-0.2, 0) is 7.05 Å². The first-order valence-electron chi connectivity index (χ1n) is 6.97. The summed E-state index contributed by atoms with van der Waals surface area (Å²) in [4.78, 5) is 12.6. The molecule has 2 N–H and O–H groups in total. The van der Waals surface area contributed by atoms with Crippen molar-refractivity contribution in [3.05, 3.63) is 51.9 Å². The van der Waals surface area contributed by atoms with Gasteiger partial charge >= 0.3 is 0 Å². The van der Waals surface area contributed by atoms with Crippen LogP contribution < -0.4 is 16.3 Å². The van der Waals surface area contributed by atoms with Crippen molar-refractivity contribution >= 4 is 23.5 Å². The van der Waals surface area contributed by atoms with Gasteiger partial charge in [0.2, 0.25) is 0 Å². The summed E-state index contributed by atoms with van der Waals surface area (Å²) in [5.41, 5.74) is 4.74. The highest BCUT2D eigenvalue weighted by Gasteiger charge is 2.14. The van der Waals surface area contributed by atoms with Crippen LogP contribution in [0.2, 0.25) is 0 Å². The lowest BCUT2D eigenvalue weighted by Crippen LogP contribution is -2.31. The summed E-state index contributed by atoms with van der Waals surface area (Å²) >= 11 is 5.02. The molecule has 0 aliphatic carbocycles. The quantitative estimate of drug-likeness (QED) is 0.507. The summed E-state index contributed by atoms with van der Waals surface area (Å²) < 4.78 is 3.42. The van der Waals surface area contributed by atoms with Crippen LogP contribution in [0.25, 0.3) is 5.69 Å². The van der Waals surface area contributed by atoms with Crippen LogP contribution in [0, 0.1) is 6.92 Å². The molecule has 0 amide bonds. The number of hydrogen-bond acceptors (Lipinski definition) is 3. The van der Waals surface area contributed by atoms with Gasteiger partial charge in [0.25, 0.3) is 5.56 Å². The molecule has 0 atom stereocenters. The van der Waals surface area contributed by atoms with E-state index in [0.29, 0.717) is 17.2 Å². The van der Waals surface area contributed by atoms with Crippen molar-refractivity contribution in [3.63, 3.8) is 0 Å². The van der Waals surface area contributed by atoms with Gasteiger partial charge in [-0.1, -0.05) is 18.2 Å². The first-order chi connectivity index (χ1) is 10.6. The second-order valence-electron chi connectivity index (χ2n) is 4.70. The van der Waals surface area contributed by atoms with Gasteiger partial charge in [-0.25, -0.2) is 4.68 Å². The van der Waals surface area contributed by atoms with Crippen molar-refractivity contribution in [1.29, 1.82) is 0 Å². The van der Waals surface area contributed by atoms with E-state index in [-0.39, 0.29) is 5.56 Å². The van der Waals surface area contributed by atoms with Crippen LogP contribution in [0.15, 0.2) is 40.2 Å². The van der Waals surface area contributed by atoms with Crippen molar-refractivity contribution in [3.8, 4) is 5.69 Å². The molecule has 0 saturated carbocycles. The number of thiocarbonyl (C=S) groups is 1. The van der Waals surface area contributed by atoms with Gasteiger partial charge in [-0.3, -0.25) is 14.9 Å². The monoisotopic (exact) mass is 317 g/mol. The van der Waals surface area contributed by atoms with Crippen LogP contribution in [0.4, 0.5) is 0 Å². The van der Waals surface area contributed by atoms with Gasteiger partial charge in [0, 0.05) is 19.3 Å². The molecule has 0 radical (unpaired) electrons. The van der Waals surface area contributed by atoms with E-state index in [1.165, 1.54) is 6.21 Å². The highest BCUT2D eigenvalue weighted by atomic mass is 32.1. The Morgan fingerprint density at radius 2 is 2.05 bits per heavy atom. The van der Waals surface area contributed by atoms with E-state index in [4.69, 9.17) is 12.2 Å². The lowest BCUT2D eigenvalue weighted by molar-refractivity contribution is 0.630. The SMILES string of the molecule is CCNC(=S)N/N=C/c1c(C)n(C)n(-c2ccccc2)c1=O. The number of benzene rings is 1. The molecular weight excluding hydrogens is 298 g/mol. The molecule has 2 rings (SSSR count). The highest BCUT2D eigenvalue weighted by molar-refractivity contribution is 7.80. The van der Waals surface area contributed by atoms with Gasteiger partial charge in [0.15, 0.2) is 5.11 Å². The number of hydrogen-bond donors (Lipinski definition) is 2. The Labute approximate surface area is 134 Å². The lowest BCUT2D eigenvalue weighted by atomic mass is 10.3. The fraction of sp³-hybridized carbons (Fsp3) is 0.267. The van der Waals surface area contributed by atoms with Crippen LogP contribution in [0.3, 0.4) is 0 Å². The fourth-order valence-electron chi connectivity index (χ4n) is 2.09. The van der Waals surface area contributed by atoms with E-state index in [1.807, 2.05) is 55.9 Å². The summed E-state index contributed by atoms with van der Waals surface area (Å²) in [6.07, 6.45) is 1.50. The summed E-state index contributed by atoms with van der Waals surface area (Å²) in [6.45, 7) is 4.54. The maximum absolute atomic E-state index is 12.6. The highest BCUT2D eigenvalue weighted by Crippen LogP contribution is 2.08. The van der Waals surface area contributed by atoms with Gasteiger partial charge in [-0.05, 0) is 38.2 Å². The topological polar surface area (TPSA) is 63.4 Å². The van der Waals surface area contributed by atoms with E-state index in [9.17, 15) is 4.79 Å². The number of para-hydroxylation sites is 1. The fourth-order valence-corrected chi connectivity index (χ4v) is 2.29. The Bertz CT molecular complexity index is 745. The standard InChI is InChI=1S/C15H19N5OS/c1-4-16-15(22)18-17-10-13-11(2)19(3)20(14(13)21)12-8-6-5-7-9-12/h5-10H,4H2,1-3H3,(H2,16,18,22)/b17-10+. The molecule has 0 aliphatic rings. The van der Waals surface area contributed by atoms with Crippen LogP contribution in [0.5, 0.6) is 0 Å². The lowest BCUT2D eigenvalue weighted by Gasteiger charge is -2.07. The van der Waals surface area contributed by atoms with E-state index in [2.05, 4.69) is 15.8 Å². The van der Waals surface area contributed by atoms with E-state index < -0.39 is 0 Å². The molecule has 0 saturated heterocycles. The minimum atomic E-state index is -0.119. The van der Waals surface area contributed by atoms with Crippen molar-refractivity contribution < 1.29 is 0 Å². The largest absolute Gasteiger partial charge is 0.362 e. The first-order valence-corrected chi connectivity index (χ1v) is 7.38. The van der Waals surface area contributed by atoms with Gasteiger partial charge in [-0.2, -0.15) is 5.10 Å². The summed E-state index contributed by atoms with van der Waals surface area (Å²) in [5.74, 6) is 0. The predicted molar refractivity (Wildman–Crippen MR) is 92.8 cm³/mol. The zero-order valence-electron chi connectivity index (χ0n) is 12.8. The summed E-state index contributed by atoms with van der Waals surface area (Å²) in [7, 11) is 1.85. The van der Waals surface area contributed by atoms with Gasteiger partial charge in [0.1, 0.15) is 0 Å². The Morgan fingerprint density at radius 3 is 2.68 bits per heavy atom. The molecule has 6 nitrogen and oxygen atoms in total. The Morgan fingerprint density at radius 1 is 1.36 bits per heavy atom. The number of aromatic nitrogens is 2. The smallest absolute Gasteiger partial charge is 0.280 e. The Hall–Kier alpha value is -2.41. The molecule has 22 heavy (non-hydrogen) atoms. The molecule has 2 aromatic rings. The number of nitrogens with zero attached hydrogens (tertiary/aromatic N) is 3. The molecule has 1 heterocycles. The maximum atomic E-state index is 12.6. The third-order valence-corrected chi connectivity index (χ3v) is 3.53. The molecule has 1 aromatic heterocycles. The zero-order chi connectivity index (χ0) is 16.1. The van der Waals surface area contributed by atoms with E-state index >= 15 is 0 Å². The van der Waals surface area contributed by atoms with Crippen LogP contribution >= 0.6 is 12.2 Å². The van der Waals surface area contributed by atoms with Crippen LogP contribution in [-0.4, -0.2) is 27.2 Å². The normalized spacial score (nSPS) is 10.9. The molecule has 0 fully saturated rings. The number of nitrogens with one attached hydrogen (secondary N) is 2. The van der Waals surface area contributed by atoms with Gasteiger partial charge in [0.05, 0.1) is 17.5 Å². The molecule has 0 bridgehead atoms. The molecule has 1 aromatic carbocycles. The molecule has 0 unspecified atom stereocenters. The zero-order valence-corrected chi connectivity index (χ0v) is 13.6. The van der Waals surface area contributed by atoms with E-state index in [0.717, 1.165) is 11.4 Å². The first kappa shape index (κ1) is 16.0. The molecule has 116 valence electrons. The maximum Gasteiger partial charge on any atom is 0.280 e. The predicted octanol–water partition coefficient (Wildman–Crippen LogP) is 1.30. The van der Waals surface area contributed by atoms with Crippen molar-refractivity contribution in [2.75, 3.05) is 6.54 Å². The average molecular weight is 317 g/mol. The van der Waals surface area contributed by atoms with Crippen molar-refractivity contribution in [1.82, 2.24) is 20.1 Å². The minimum Gasteiger partial charge on any atom is -0.362 e. The van der Waals surface area contributed by atoms with Crippen LogP contribution in [0.1, 0.15) is 18.2 Å². The number of rotatable bonds is 4. The molecule has 0 spiro atoms. The number of hydrazone groups is 1. The third-order valence-electron chi connectivity index (χ3n) is 3.30. The second-order valence-corrected chi connectivity index (χ2v) is 5.11. The molecular formula is C15H19N5OS. The van der Waals surface area contributed by atoms with E-state index in [1.54, 1.807) is 4.68 Å². The molecule has 0 aliphatic heterocycles. The summed E-state index contributed by atoms with van der Waals surface area (Å²) in [5, 5.41) is 7.37. The van der Waals surface area contributed by atoms with Gasteiger partial charge in [-0.15, -0.1) is 0 Å². The molecule has 7 heteroatoms.